The van der Waals surface area contributed by atoms with E-state index in [1.165, 1.54) is 25.9 Å². The molecule has 4 nitrogen and oxygen atoms in total. The maximum atomic E-state index is 12.7. The molecule has 0 radical (unpaired) electrons. The Morgan fingerprint density at radius 2 is 1.70 bits per heavy atom. The summed E-state index contributed by atoms with van der Waals surface area (Å²) in [6.45, 7) is 14.3. The van der Waals surface area contributed by atoms with Crippen LogP contribution in [0.15, 0.2) is 0 Å². The van der Waals surface area contributed by atoms with Crippen molar-refractivity contribution in [2.45, 2.75) is 65.7 Å². The lowest BCUT2D eigenvalue weighted by molar-refractivity contribution is -0.133. The third-order valence-electron chi connectivity index (χ3n) is 4.66. The SMILES string of the molecule is CC(C)C1NC(C(C)C)N(C(C)CN2CCCC2)C1=O. The first kappa shape index (κ1) is 15.8. The van der Waals surface area contributed by atoms with Crippen molar-refractivity contribution in [2.24, 2.45) is 11.8 Å². The number of amides is 1. The van der Waals surface area contributed by atoms with Gasteiger partial charge in [-0.15, -0.1) is 0 Å². The van der Waals surface area contributed by atoms with Crippen molar-refractivity contribution in [2.75, 3.05) is 19.6 Å². The van der Waals surface area contributed by atoms with Crippen LogP contribution < -0.4 is 5.32 Å². The summed E-state index contributed by atoms with van der Waals surface area (Å²) in [6, 6.07) is 0.285. The number of hydrogen-bond acceptors (Lipinski definition) is 3. The van der Waals surface area contributed by atoms with E-state index >= 15 is 0 Å². The zero-order valence-electron chi connectivity index (χ0n) is 13.7. The van der Waals surface area contributed by atoms with Gasteiger partial charge in [-0.1, -0.05) is 27.7 Å². The van der Waals surface area contributed by atoms with Crippen molar-refractivity contribution >= 4 is 5.91 Å². The molecular weight excluding hydrogens is 250 g/mol. The van der Waals surface area contributed by atoms with Crippen molar-refractivity contribution in [3.05, 3.63) is 0 Å². The molecule has 3 atom stereocenters. The lowest BCUT2D eigenvalue weighted by Crippen LogP contribution is -2.50. The Labute approximate surface area is 123 Å². The van der Waals surface area contributed by atoms with Crippen molar-refractivity contribution < 1.29 is 4.79 Å². The third-order valence-corrected chi connectivity index (χ3v) is 4.66. The van der Waals surface area contributed by atoms with Crippen LogP contribution in [0.5, 0.6) is 0 Å². The maximum Gasteiger partial charge on any atom is 0.241 e. The summed E-state index contributed by atoms with van der Waals surface area (Å²) in [5.41, 5.74) is 0. The Morgan fingerprint density at radius 3 is 2.20 bits per heavy atom. The zero-order chi connectivity index (χ0) is 14.9. The fraction of sp³-hybridized carbons (Fsp3) is 0.938. The second kappa shape index (κ2) is 6.44. The summed E-state index contributed by atoms with van der Waals surface area (Å²) >= 11 is 0. The largest absolute Gasteiger partial charge is 0.322 e. The number of carbonyl (C=O) groups is 1. The minimum atomic E-state index is -0.0107. The molecule has 2 aliphatic heterocycles. The van der Waals surface area contributed by atoms with E-state index in [0.29, 0.717) is 23.8 Å². The molecular formula is C16H31N3O. The standard InChI is InChI=1S/C16H31N3O/c1-11(2)14-16(20)19(15(17-14)12(3)4)13(5)10-18-8-6-7-9-18/h11-15,17H,6-10H2,1-5H3. The molecule has 1 amide bonds. The number of nitrogens with zero attached hydrogens (tertiary/aromatic N) is 2. The Morgan fingerprint density at radius 1 is 1.10 bits per heavy atom. The topological polar surface area (TPSA) is 35.6 Å². The summed E-state index contributed by atoms with van der Waals surface area (Å²) in [4.78, 5) is 17.3. The lowest BCUT2D eigenvalue weighted by Gasteiger charge is -2.34. The first-order valence-electron chi connectivity index (χ1n) is 8.22. The molecule has 0 aromatic carbocycles. The summed E-state index contributed by atoms with van der Waals surface area (Å²) in [7, 11) is 0. The van der Waals surface area contributed by atoms with Crippen molar-refractivity contribution in [1.29, 1.82) is 0 Å². The highest BCUT2D eigenvalue weighted by Gasteiger charge is 2.43. The van der Waals surface area contributed by atoms with Gasteiger partial charge in [0.25, 0.3) is 0 Å². The predicted octanol–water partition coefficient (Wildman–Crippen LogP) is 1.91. The van der Waals surface area contributed by atoms with Gasteiger partial charge in [0.05, 0.1) is 12.2 Å². The molecule has 0 aromatic rings. The van der Waals surface area contributed by atoms with Crippen molar-refractivity contribution in [3.8, 4) is 0 Å². The Kier molecular flexibility index (Phi) is 5.08. The van der Waals surface area contributed by atoms with Gasteiger partial charge in [-0.3, -0.25) is 10.1 Å². The van der Waals surface area contributed by atoms with Crippen LogP contribution in [0.2, 0.25) is 0 Å². The molecule has 116 valence electrons. The quantitative estimate of drug-likeness (QED) is 0.836. The van der Waals surface area contributed by atoms with Crippen LogP contribution in [-0.2, 0) is 4.79 Å². The fourth-order valence-corrected chi connectivity index (χ4v) is 3.54. The van der Waals surface area contributed by atoms with Gasteiger partial charge in [0.2, 0.25) is 5.91 Å². The van der Waals surface area contributed by atoms with Crippen LogP contribution in [0.4, 0.5) is 0 Å². The third kappa shape index (κ3) is 3.17. The molecule has 2 aliphatic rings. The average Bonchev–Trinajstić information content (AvgIpc) is 2.95. The second-order valence-corrected chi connectivity index (χ2v) is 7.18. The number of nitrogens with one attached hydrogen (secondary N) is 1. The monoisotopic (exact) mass is 281 g/mol. The van der Waals surface area contributed by atoms with Gasteiger partial charge in [-0.2, -0.15) is 0 Å². The van der Waals surface area contributed by atoms with Crippen LogP contribution in [0.25, 0.3) is 0 Å². The van der Waals surface area contributed by atoms with E-state index in [0.717, 1.165) is 6.54 Å². The van der Waals surface area contributed by atoms with Gasteiger partial charge in [0.15, 0.2) is 0 Å². The molecule has 0 saturated carbocycles. The van der Waals surface area contributed by atoms with Crippen molar-refractivity contribution in [1.82, 2.24) is 15.1 Å². The summed E-state index contributed by atoms with van der Waals surface area (Å²) in [6.07, 6.45) is 2.80. The first-order chi connectivity index (χ1) is 9.41. The highest BCUT2D eigenvalue weighted by atomic mass is 16.2. The first-order valence-corrected chi connectivity index (χ1v) is 8.22. The van der Waals surface area contributed by atoms with Gasteiger partial charge in [-0.05, 0) is 44.7 Å². The van der Waals surface area contributed by atoms with Gasteiger partial charge < -0.3 is 9.80 Å². The van der Waals surface area contributed by atoms with Gasteiger partial charge in [-0.25, -0.2) is 0 Å². The molecule has 0 spiro atoms. The highest BCUT2D eigenvalue weighted by molar-refractivity contribution is 5.85. The highest BCUT2D eigenvalue weighted by Crippen LogP contribution is 2.24. The lowest BCUT2D eigenvalue weighted by atomic mass is 10.0. The summed E-state index contributed by atoms with van der Waals surface area (Å²) in [5, 5.41) is 3.55. The Bertz CT molecular complexity index is 337. The smallest absolute Gasteiger partial charge is 0.241 e. The second-order valence-electron chi connectivity index (χ2n) is 7.18. The fourth-order valence-electron chi connectivity index (χ4n) is 3.54. The molecule has 4 heteroatoms. The van der Waals surface area contributed by atoms with Gasteiger partial charge in [0.1, 0.15) is 0 Å². The molecule has 20 heavy (non-hydrogen) atoms. The van der Waals surface area contributed by atoms with Crippen LogP contribution in [0, 0.1) is 11.8 Å². The molecule has 0 aliphatic carbocycles. The Hall–Kier alpha value is -0.610. The maximum absolute atomic E-state index is 12.7. The van der Waals surface area contributed by atoms with E-state index in [4.69, 9.17) is 0 Å². The molecule has 2 saturated heterocycles. The molecule has 2 heterocycles. The van der Waals surface area contributed by atoms with Gasteiger partial charge in [0, 0.05) is 12.6 Å². The molecule has 0 bridgehead atoms. The number of rotatable bonds is 5. The Balaban J connectivity index is 2.06. The van der Waals surface area contributed by atoms with Crippen molar-refractivity contribution in [3.63, 3.8) is 0 Å². The number of likely N-dealkylation sites (tertiary alicyclic amines) is 1. The molecule has 0 aromatic heterocycles. The van der Waals surface area contributed by atoms with E-state index in [1.807, 2.05) is 0 Å². The zero-order valence-corrected chi connectivity index (χ0v) is 13.7. The van der Waals surface area contributed by atoms with Crippen LogP contribution in [-0.4, -0.2) is 53.6 Å². The molecule has 2 rings (SSSR count). The van der Waals surface area contributed by atoms with Gasteiger partial charge >= 0.3 is 0 Å². The minimum Gasteiger partial charge on any atom is -0.322 e. The molecule has 1 N–H and O–H groups in total. The normalized spacial score (nSPS) is 29.9. The number of hydrogen-bond donors (Lipinski definition) is 1. The van der Waals surface area contributed by atoms with Crippen LogP contribution >= 0.6 is 0 Å². The predicted molar refractivity (Wildman–Crippen MR) is 82.4 cm³/mol. The van der Waals surface area contributed by atoms with E-state index in [9.17, 15) is 4.79 Å². The minimum absolute atomic E-state index is 0.0107. The van der Waals surface area contributed by atoms with E-state index < -0.39 is 0 Å². The van der Waals surface area contributed by atoms with E-state index in [1.54, 1.807) is 0 Å². The molecule has 2 fully saturated rings. The molecule has 3 unspecified atom stereocenters. The van der Waals surface area contributed by atoms with E-state index in [2.05, 4.69) is 49.7 Å². The summed E-state index contributed by atoms with van der Waals surface area (Å²) < 4.78 is 0. The van der Waals surface area contributed by atoms with E-state index in [-0.39, 0.29) is 12.2 Å². The van der Waals surface area contributed by atoms with Crippen LogP contribution in [0.3, 0.4) is 0 Å². The van der Waals surface area contributed by atoms with Crippen LogP contribution in [0.1, 0.15) is 47.5 Å². The summed E-state index contributed by atoms with van der Waals surface area (Å²) in [5.74, 6) is 1.10. The number of carbonyl (C=O) groups excluding carboxylic acids is 1. The average molecular weight is 281 g/mol.